The predicted molar refractivity (Wildman–Crippen MR) is 152 cm³/mol. The van der Waals surface area contributed by atoms with Crippen LogP contribution in [-0.2, 0) is 32.7 Å². The van der Waals surface area contributed by atoms with Crippen LogP contribution in [-0.4, -0.2) is 60.5 Å². The average molecular weight is 582 g/mol. The molecule has 39 heavy (non-hydrogen) atoms. The van der Waals surface area contributed by atoms with Crippen LogP contribution < -0.4 is 5.73 Å². The molecule has 1 unspecified atom stereocenters. The van der Waals surface area contributed by atoms with Crippen LogP contribution in [0, 0.1) is 0 Å². The minimum absolute atomic E-state index is 0.0167. The number of rotatable bonds is 29. The molecular weight excluding hydrogens is 525 g/mol. The van der Waals surface area contributed by atoms with Gasteiger partial charge < -0.3 is 25.2 Å². The summed E-state index contributed by atoms with van der Waals surface area (Å²) < 4.78 is 32.4. The van der Waals surface area contributed by atoms with E-state index in [1.165, 1.54) is 83.5 Å². The molecule has 0 spiro atoms. The van der Waals surface area contributed by atoms with Gasteiger partial charge >= 0.3 is 19.8 Å². The first-order valence-corrected chi connectivity index (χ1v) is 16.6. The fourth-order valence-corrected chi connectivity index (χ4v) is 4.77. The van der Waals surface area contributed by atoms with E-state index in [4.69, 9.17) is 24.8 Å². The monoisotopic (exact) mass is 581 g/mol. The summed E-state index contributed by atoms with van der Waals surface area (Å²) in [4.78, 5) is 32.3. The summed E-state index contributed by atoms with van der Waals surface area (Å²) in [6, 6.07) is -1.46. The number of esters is 1. The second kappa shape index (κ2) is 25.9. The van der Waals surface area contributed by atoms with Gasteiger partial charge in [-0.3, -0.25) is 18.6 Å². The highest BCUT2D eigenvalue weighted by Crippen LogP contribution is 2.43. The Kier molecular flexibility index (Phi) is 25.2. The third kappa shape index (κ3) is 25.7. The van der Waals surface area contributed by atoms with E-state index in [-0.39, 0.29) is 13.0 Å². The fraction of sp³-hybridized carbons (Fsp3) is 0.929. The first-order chi connectivity index (χ1) is 18.7. The maximum absolute atomic E-state index is 12.0. The van der Waals surface area contributed by atoms with Gasteiger partial charge in [-0.1, -0.05) is 110 Å². The first kappa shape index (κ1) is 38.0. The van der Waals surface area contributed by atoms with Crippen LogP contribution in [0.15, 0.2) is 0 Å². The molecule has 11 heteroatoms. The minimum Gasteiger partial charge on any atom is -0.480 e. The van der Waals surface area contributed by atoms with Crippen molar-refractivity contribution in [3.8, 4) is 0 Å². The van der Waals surface area contributed by atoms with E-state index in [0.29, 0.717) is 13.0 Å². The number of hydrogen-bond acceptors (Lipinski definition) is 8. The zero-order valence-corrected chi connectivity index (χ0v) is 25.4. The highest BCUT2D eigenvalue weighted by Gasteiger charge is 2.27. The Morgan fingerprint density at radius 3 is 1.64 bits per heavy atom. The lowest BCUT2D eigenvalue weighted by molar-refractivity contribution is -0.154. The van der Waals surface area contributed by atoms with Gasteiger partial charge in [0.05, 0.1) is 19.8 Å². The van der Waals surface area contributed by atoms with Crippen LogP contribution in [0.3, 0.4) is 0 Å². The van der Waals surface area contributed by atoms with Crippen LogP contribution in [0.5, 0.6) is 0 Å². The Bertz CT molecular complexity index is 651. The molecular formula is C28H56NO9P. The molecule has 0 radical (unpaired) electrons. The molecule has 0 saturated carbocycles. The summed E-state index contributed by atoms with van der Waals surface area (Å²) in [5, 5.41) is 8.74. The van der Waals surface area contributed by atoms with E-state index in [1.807, 2.05) is 6.92 Å². The van der Waals surface area contributed by atoms with Gasteiger partial charge in [0.2, 0.25) is 0 Å². The van der Waals surface area contributed by atoms with Crippen molar-refractivity contribution in [3.63, 3.8) is 0 Å². The Hall–Kier alpha value is -1.03. The lowest BCUT2D eigenvalue weighted by Crippen LogP contribution is -2.34. The summed E-state index contributed by atoms with van der Waals surface area (Å²) in [5.41, 5.74) is 5.26. The van der Waals surface area contributed by atoms with Crippen LogP contribution in [0.2, 0.25) is 0 Å². The lowest BCUT2D eigenvalue weighted by atomic mass is 10.0. The van der Waals surface area contributed by atoms with Crippen LogP contribution in [0.4, 0.5) is 0 Å². The van der Waals surface area contributed by atoms with Gasteiger partial charge in [-0.15, -0.1) is 0 Å². The number of nitrogens with two attached hydrogens (primary N) is 1. The molecule has 4 N–H and O–H groups in total. The summed E-state index contributed by atoms with van der Waals surface area (Å²) in [7, 11) is -4.57. The van der Waals surface area contributed by atoms with Crippen molar-refractivity contribution in [2.24, 2.45) is 5.73 Å². The topological polar surface area (TPSA) is 155 Å². The molecule has 0 heterocycles. The lowest BCUT2D eigenvalue weighted by Gasteiger charge is -2.20. The van der Waals surface area contributed by atoms with Gasteiger partial charge in [0.1, 0.15) is 12.1 Å². The average Bonchev–Trinajstić information content (AvgIpc) is 2.89. The Morgan fingerprint density at radius 2 is 1.18 bits per heavy atom. The van der Waals surface area contributed by atoms with Crippen molar-refractivity contribution in [2.75, 3.05) is 26.4 Å². The summed E-state index contributed by atoms with van der Waals surface area (Å²) >= 11 is 0. The largest absolute Gasteiger partial charge is 0.480 e. The van der Waals surface area contributed by atoms with Crippen LogP contribution >= 0.6 is 7.82 Å². The molecule has 0 bridgehead atoms. The molecule has 0 aromatic heterocycles. The number of aliphatic carboxylic acids is 1. The predicted octanol–water partition coefficient (Wildman–Crippen LogP) is 6.52. The van der Waals surface area contributed by atoms with E-state index in [1.54, 1.807) is 0 Å². The number of carboxylic acid groups (broad SMARTS) is 1. The molecule has 3 atom stereocenters. The second-order valence-corrected chi connectivity index (χ2v) is 11.7. The minimum atomic E-state index is -4.57. The van der Waals surface area contributed by atoms with Gasteiger partial charge in [0.25, 0.3) is 0 Å². The maximum atomic E-state index is 12.0. The maximum Gasteiger partial charge on any atom is 0.472 e. The van der Waals surface area contributed by atoms with Gasteiger partial charge in [0.15, 0.2) is 0 Å². The fourth-order valence-electron chi connectivity index (χ4n) is 3.99. The van der Waals surface area contributed by atoms with E-state index >= 15 is 0 Å². The van der Waals surface area contributed by atoms with Crippen molar-refractivity contribution in [2.45, 2.75) is 142 Å². The number of phosphoric ester groups is 1. The molecule has 0 amide bonds. The van der Waals surface area contributed by atoms with Gasteiger partial charge in [-0.25, -0.2) is 4.57 Å². The van der Waals surface area contributed by atoms with Crippen LogP contribution in [0.25, 0.3) is 0 Å². The number of carbonyl (C=O) groups excluding carboxylic acids is 1. The van der Waals surface area contributed by atoms with Crippen molar-refractivity contribution in [3.05, 3.63) is 0 Å². The smallest absolute Gasteiger partial charge is 0.472 e. The number of hydrogen-bond donors (Lipinski definition) is 3. The third-order valence-electron chi connectivity index (χ3n) is 6.36. The molecule has 0 aliphatic heterocycles. The summed E-state index contributed by atoms with van der Waals surface area (Å²) in [6.45, 7) is 3.47. The molecule has 0 aromatic rings. The summed E-state index contributed by atoms with van der Waals surface area (Å²) in [5.74, 6) is -1.83. The van der Waals surface area contributed by atoms with E-state index < -0.39 is 45.1 Å². The first-order valence-electron chi connectivity index (χ1n) is 15.1. The second-order valence-electron chi connectivity index (χ2n) is 10.2. The number of ether oxygens (including phenoxy) is 2. The highest BCUT2D eigenvalue weighted by atomic mass is 31.2. The van der Waals surface area contributed by atoms with Crippen molar-refractivity contribution >= 4 is 19.8 Å². The van der Waals surface area contributed by atoms with E-state index in [2.05, 4.69) is 11.4 Å². The number of carboxylic acids is 1. The Labute approximate surface area is 236 Å². The SMILES string of the molecule is CCCCCCCCCCCCCCCCCCOC[C@H](COP(=O)(O)OC[C@H](N)C(=O)O)OC(=O)CCC. The van der Waals surface area contributed by atoms with E-state index in [9.17, 15) is 19.0 Å². The van der Waals surface area contributed by atoms with Crippen LogP contribution in [0.1, 0.15) is 129 Å². The van der Waals surface area contributed by atoms with Gasteiger partial charge in [-0.05, 0) is 12.8 Å². The zero-order valence-electron chi connectivity index (χ0n) is 24.5. The highest BCUT2D eigenvalue weighted by molar-refractivity contribution is 7.47. The normalized spacial score (nSPS) is 14.6. The molecule has 0 rings (SSSR count). The van der Waals surface area contributed by atoms with Crippen molar-refractivity contribution in [1.82, 2.24) is 0 Å². The summed E-state index contributed by atoms with van der Waals surface area (Å²) in [6.07, 6.45) is 20.5. The van der Waals surface area contributed by atoms with Crippen molar-refractivity contribution in [1.29, 1.82) is 0 Å². The molecule has 0 aliphatic rings. The number of unbranched alkanes of at least 4 members (excludes halogenated alkanes) is 15. The molecule has 10 nitrogen and oxygen atoms in total. The van der Waals surface area contributed by atoms with Crippen molar-refractivity contribution < 1.29 is 42.7 Å². The molecule has 232 valence electrons. The zero-order chi connectivity index (χ0) is 29.2. The Balaban J connectivity index is 3.91. The number of phosphoric acid groups is 1. The van der Waals surface area contributed by atoms with Gasteiger partial charge in [-0.2, -0.15) is 0 Å². The molecule has 0 fully saturated rings. The van der Waals surface area contributed by atoms with E-state index in [0.717, 1.165) is 19.3 Å². The Morgan fingerprint density at radius 1 is 0.718 bits per heavy atom. The standard InChI is InChI=1S/C28H56NO9P/c1-3-5-6-7-8-9-10-11-12-13-14-15-16-17-18-19-21-35-22-25(38-27(30)20-4-2)23-36-39(33,34)37-24-26(29)28(31)32/h25-26H,3-24,29H2,1-2H3,(H,31,32)(H,33,34)/t25-,26+/m1/s1. The number of carbonyl (C=O) groups is 2. The molecule has 0 saturated heterocycles. The molecule has 0 aromatic carbocycles. The quantitative estimate of drug-likeness (QED) is 0.0505. The third-order valence-corrected chi connectivity index (χ3v) is 7.31. The van der Waals surface area contributed by atoms with Gasteiger partial charge in [0, 0.05) is 13.0 Å². The molecule has 0 aliphatic carbocycles.